The van der Waals surface area contributed by atoms with Gasteiger partial charge < -0.3 is 5.43 Å². The molecule has 1 rings (SSSR count). The van der Waals surface area contributed by atoms with E-state index in [4.69, 9.17) is 0 Å². The SMILES string of the molecule is C.CC.CC(C)C.CC(C)N1C=CNN1.[B]. The number of hydrogen-bond donors (Lipinski definition) is 2. The number of hydrazine groups is 2. The Hall–Kier alpha value is -0.635. The number of nitrogens with one attached hydrogen (secondary N) is 2. The van der Waals surface area contributed by atoms with Crippen molar-refractivity contribution in [2.75, 3.05) is 0 Å². The summed E-state index contributed by atoms with van der Waals surface area (Å²) in [6.45, 7) is 14.7. The van der Waals surface area contributed by atoms with Crippen LogP contribution in [0.5, 0.6) is 0 Å². The molecule has 0 aromatic carbocycles. The van der Waals surface area contributed by atoms with Crippen LogP contribution in [0.3, 0.4) is 0 Å². The molecule has 97 valence electrons. The zero-order valence-electron chi connectivity index (χ0n) is 11.3. The largest absolute Gasteiger partial charge is 0.310 e. The van der Waals surface area contributed by atoms with Gasteiger partial charge in [-0.1, -0.05) is 42.0 Å². The van der Waals surface area contributed by atoms with E-state index in [0.717, 1.165) is 5.92 Å². The van der Waals surface area contributed by atoms with Gasteiger partial charge in [0, 0.05) is 26.9 Å². The van der Waals surface area contributed by atoms with Crippen LogP contribution >= 0.6 is 0 Å². The predicted octanol–water partition coefficient (Wildman–Crippen LogP) is 3.13. The molecule has 0 atom stereocenters. The van der Waals surface area contributed by atoms with Crippen molar-refractivity contribution >= 4 is 8.41 Å². The highest BCUT2D eigenvalue weighted by atomic mass is 15.7. The molecule has 0 unspecified atom stereocenters. The molecular weight excluding hydrogens is 197 g/mol. The van der Waals surface area contributed by atoms with E-state index in [1.807, 2.05) is 31.3 Å². The first-order valence-electron chi connectivity index (χ1n) is 5.50. The van der Waals surface area contributed by atoms with Crippen molar-refractivity contribution in [1.82, 2.24) is 16.0 Å². The van der Waals surface area contributed by atoms with Crippen LogP contribution < -0.4 is 11.0 Å². The van der Waals surface area contributed by atoms with Gasteiger partial charge in [-0.15, -0.1) is 5.53 Å². The molecule has 1 heterocycles. The topological polar surface area (TPSA) is 27.3 Å². The maximum Gasteiger partial charge on any atom is 0.0410 e. The standard InChI is InChI=1S/C5H11N3.C4H10.C2H6.CH4.B/c1-5(2)8-4-3-6-7-8;1-4(2)3;1-2;;/h3-7H,1-2H3;4H,1-3H3;1-2H3;1H4;. The highest BCUT2D eigenvalue weighted by Gasteiger charge is 2.04. The minimum atomic E-state index is 0. The molecule has 0 saturated heterocycles. The summed E-state index contributed by atoms with van der Waals surface area (Å²) in [6, 6.07) is 0.515. The summed E-state index contributed by atoms with van der Waals surface area (Å²) >= 11 is 0. The number of rotatable bonds is 1. The van der Waals surface area contributed by atoms with Gasteiger partial charge in [-0.05, 0) is 19.8 Å². The molecule has 1 aliphatic rings. The molecule has 3 radical (unpaired) electrons. The van der Waals surface area contributed by atoms with Gasteiger partial charge >= 0.3 is 0 Å². The highest BCUT2D eigenvalue weighted by Crippen LogP contribution is 1.95. The molecule has 0 fully saturated rings. The van der Waals surface area contributed by atoms with Crippen LogP contribution in [-0.2, 0) is 0 Å². The lowest BCUT2D eigenvalue weighted by Gasteiger charge is -2.18. The zero-order chi connectivity index (χ0) is 11.6. The van der Waals surface area contributed by atoms with E-state index in [9.17, 15) is 0 Å². The van der Waals surface area contributed by atoms with Crippen molar-refractivity contribution in [2.24, 2.45) is 5.92 Å². The highest BCUT2D eigenvalue weighted by molar-refractivity contribution is 5.75. The molecule has 0 bridgehead atoms. The molecule has 1 aliphatic heterocycles. The third kappa shape index (κ3) is 19.0. The number of nitrogens with zero attached hydrogens (tertiary/aromatic N) is 1. The molecule has 0 aromatic rings. The van der Waals surface area contributed by atoms with Gasteiger partial charge in [0.05, 0.1) is 0 Å². The molecule has 4 heteroatoms. The fourth-order valence-electron chi connectivity index (χ4n) is 0.568. The first-order valence-corrected chi connectivity index (χ1v) is 5.50. The lowest BCUT2D eigenvalue weighted by Crippen LogP contribution is -2.39. The Morgan fingerprint density at radius 2 is 1.38 bits per heavy atom. The third-order valence-corrected chi connectivity index (χ3v) is 1.07. The molecule has 0 amide bonds. The maximum atomic E-state index is 2.93. The van der Waals surface area contributed by atoms with Gasteiger partial charge in [-0.25, -0.2) is 0 Å². The molecule has 0 saturated carbocycles. The van der Waals surface area contributed by atoms with Crippen LogP contribution in [0.2, 0.25) is 0 Å². The summed E-state index contributed by atoms with van der Waals surface area (Å²) in [7, 11) is 0. The summed E-state index contributed by atoms with van der Waals surface area (Å²) in [5.41, 5.74) is 5.78. The summed E-state index contributed by atoms with van der Waals surface area (Å²) in [4.78, 5) is 0. The second-order valence-corrected chi connectivity index (χ2v) is 3.80. The lowest BCUT2D eigenvalue weighted by atomic mass is 10.3. The van der Waals surface area contributed by atoms with Gasteiger partial charge in [0.15, 0.2) is 0 Å². The number of hydrogen-bond acceptors (Lipinski definition) is 3. The summed E-state index contributed by atoms with van der Waals surface area (Å²) in [5.74, 6) is 0.833. The van der Waals surface area contributed by atoms with E-state index in [1.54, 1.807) is 0 Å². The van der Waals surface area contributed by atoms with Crippen LogP contribution in [0.25, 0.3) is 0 Å². The molecule has 0 aliphatic carbocycles. The molecule has 16 heavy (non-hydrogen) atoms. The Bertz CT molecular complexity index is 133. The van der Waals surface area contributed by atoms with Gasteiger partial charge in [0.2, 0.25) is 0 Å². The van der Waals surface area contributed by atoms with Crippen LogP contribution in [0, 0.1) is 5.92 Å². The molecule has 2 N–H and O–H groups in total. The molecular formula is C12H31BN3. The van der Waals surface area contributed by atoms with Crippen LogP contribution in [0.1, 0.15) is 55.9 Å². The second-order valence-electron chi connectivity index (χ2n) is 3.80. The van der Waals surface area contributed by atoms with E-state index in [1.165, 1.54) is 0 Å². The maximum absolute atomic E-state index is 2.93. The summed E-state index contributed by atoms with van der Waals surface area (Å²) < 4.78 is 0. The summed E-state index contributed by atoms with van der Waals surface area (Å²) in [5, 5.41) is 1.99. The van der Waals surface area contributed by atoms with Crippen molar-refractivity contribution in [1.29, 1.82) is 0 Å². The smallest absolute Gasteiger partial charge is 0.0410 e. The molecule has 0 aromatic heterocycles. The van der Waals surface area contributed by atoms with Gasteiger partial charge in [0.1, 0.15) is 0 Å². The van der Waals surface area contributed by atoms with E-state index in [-0.39, 0.29) is 15.8 Å². The minimum absolute atomic E-state index is 0. The van der Waals surface area contributed by atoms with Crippen LogP contribution in [0.4, 0.5) is 0 Å². The first-order chi connectivity index (χ1) is 6.54. The van der Waals surface area contributed by atoms with Crippen molar-refractivity contribution in [3.05, 3.63) is 12.4 Å². The fourth-order valence-corrected chi connectivity index (χ4v) is 0.568. The average molecular weight is 228 g/mol. The predicted molar refractivity (Wildman–Crippen MR) is 76.7 cm³/mol. The van der Waals surface area contributed by atoms with Crippen LogP contribution in [0.15, 0.2) is 12.4 Å². The minimum Gasteiger partial charge on any atom is -0.310 e. The quantitative estimate of drug-likeness (QED) is 0.675. The van der Waals surface area contributed by atoms with Gasteiger partial charge in [-0.2, -0.15) is 0 Å². The van der Waals surface area contributed by atoms with Gasteiger partial charge in [-0.3, -0.25) is 5.01 Å². The van der Waals surface area contributed by atoms with E-state index in [0.29, 0.717) is 6.04 Å². The summed E-state index contributed by atoms with van der Waals surface area (Å²) in [6.07, 6.45) is 3.82. The van der Waals surface area contributed by atoms with E-state index >= 15 is 0 Å². The van der Waals surface area contributed by atoms with E-state index in [2.05, 4.69) is 45.6 Å². The Balaban J connectivity index is -0.0000000793. The Kier molecular flexibility index (Phi) is 25.7. The van der Waals surface area contributed by atoms with Crippen molar-refractivity contribution in [3.8, 4) is 0 Å². The first kappa shape index (κ1) is 24.5. The fraction of sp³-hybridized carbons (Fsp3) is 0.833. The van der Waals surface area contributed by atoms with Crippen molar-refractivity contribution in [2.45, 2.75) is 61.9 Å². The van der Waals surface area contributed by atoms with Crippen molar-refractivity contribution < 1.29 is 0 Å². The Morgan fingerprint density at radius 3 is 1.50 bits per heavy atom. The monoisotopic (exact) mass is 228 g/mol. The van der Waals surface area contributed by atoms with Crippen LogP contribution in [-0.4, -0.2) is 19.5 Å². The van der Waals surface area contributed by atoms with Gasteiger partial charge in [0.25, 0.3) is 0 Å². The van der Waals surface area contributed by atoms with Crippen molar-refractivity contribution in [3.63, 3.8) is 0 Å². The van der Waals surface area contributed by atoms with E-state index < -0.39 is 0 Å². The Labute approximate surface area is 105 Å². The molecule has 3 nitrogen and oxygen atoms in total. The lowest BCUT2D eigenvalue weighted by molar-refractivity contribution is 0.222. The third-order valence-electron chi connectivity index (χ3n) is 1.07. The average Bonchev–Trinajstić information content (AvgIpc) is 2.58. The molecule has 0 spiro atoms. The second kappa shape index (κ2) is 16.8. The Morgan fingerprint density at radius 1 is 1.00 bits per heavy atom. The normalized spacial score (nSPS) is 11.4. The zero-order valence-corrected chi connectivity index (χ0v) is 11.3.